The summed E-state index contributed by atoms with van der Waals surface area (Å²) in [6, 6.07) is 9.89. The van der Waals surface area contributed by atoms with Crippen molar-refractivity contribution in [2.75, 3.05) is 0 Å². The molecule has 3 rings (SSSR count). The van der Waals surface area contributed by atoms with Crippen molar-refractivity contribution in [1.29, 1.82) is 0 Å². The van der Waals surface area contributed by atoms with Crippen LogP contribution in [0.1, 0.15) is 29.5 Å². The monoisotopic (exact) mass is 255 g/mol. The van der Waals surface area contributed by atoms with Gasteiger partial charge < -0.3 is 9.84 Å². The molecular formula is C16H17NO2. The van der Waals surface area contributed by atoms with Crippen molar-refractivity contribution in [3.8, 4) is 11.6 Å². The molecule has 0 saturated heterocycles. The Hall–Kier alpha value is -1.87. The third-order valence-corrected chi connectivity index (χ3v) is 3.52. The SMILES string of the molecule is OCc1ccc(Oc2ccc3c(c2)CCCC3)nc1. The first-order chi connectivity index (χ1) is 9.35. The molecule has 1 aliphatic carbocycles. The van der Waals surface area contributed by atoms with E-state index in [1.807, 2.05) is 12.1 Å². The van der Waals surface area contributed by atoms with Crippen LogP contribution in [0, 0.1) is 0 Å². The van der Waals surface area contributed by atoms with Crippen molar-refractivity contribution >= 4 is 0 Å². The van der Waals surface area contributed by atoms with Gasteiger partial charge in [0.25, 0.3) is 0 Å². The zero-order valence-corrected chi connectivity index (χ0v) is 10.8. The van der Waals surface area contributed by atoms with Crippen molar-refractivity contribution in [3.05, 3.63) is 53.2 Å². The van der Waals surface area contributed by atoms with Gasteiger partial charge in [0.05, 0.1) is 6.61 Å². The number of rotatable bonds is 3. The van der Waals surface area contributed by atoms with Gasteiger partial charge in [-0.2, -0.15) is 0 Å². The molecule has 1 heterocycles. The molecular weight excluding hydrogens is 238 g/mol. The van der Waals surface area contributed by atoms with Gasteiger partial charge in [-0.05, 0) is 60.6 Å². The second kappa shape index (κ2) is 5.41. The number of aliphatic hydroxyl groups excluding tert-OH is 1. The van der Waals surface area contributed by atoms with Crippen molar-refractivity contribution in [2.24, 2.45) is 0 Å². The minimum absolute atomic E-state index is 0.00608. The summed E-state index contributed by atoms with van der Waals surface area (Å²) in [7, 11) is 0. The summed E-state index contributed by atoms with van der Waals surface area (Å²) in [5.41, 5.74) is 3.63. The smallest absolute Gasteiger partial charge is 0.219 e. The number of nitrogens with zero attached hydrogens (tertiary/aromatic N) is 1. The van der Waals surface area contributed by atoms with Gasteiger partial charge in [0.2, 0.25) is 5.88 Å². The number of benzene rings is 1. The number of pyridine rings is 1. The van der Waals surface area contributed by atoms with Crippen LogP contribution >= 0.6 is 0 Å². The first kappa shape index (κ1) is 12.2. The van der Waals surface area contributed by atoms with E-state index in [9.17, 15) is 0 Å². The first-order valence-corrected chi connectivity index (χ1v) is 6.70. The summed E-state index contributed by atoms with van der Waals surface area (Å²) in [5.74, 6) is 1.40. The predicted octanol–water partition coefficient (Wildman–Crippen LogP) is 3.25. The molecule has 0 spiro atoms. The molecule has 0 unspecified atom stereocenters. The molecule has 0 fully saturated rings. The largest absolute Gasteiger partial charge is 0.439 e. The lowest BCUT2D eigenvalue weighted by atomic mass is 9.92. The maximum absolute atomic E-state index is 8.97. The van der Waals surface area contributed by atoms with Crippen LogP contribution in [-0.4, -0.2) is 10.1 Å². The van der Waals surface area contributed by atoms with Crippen LogP contribution < -0.4 is 4.74 Å². The summed E-state index contributed by atoms with van der Waals surface area (Å²) in [4.78, 5) is 4.17. The van der Waals surface area contributed by atoms with Gasteiger partial charge in [-0.25, -0.2) is 4.98 Å². The minimum atomic E-state index is 0.00608. The summed E-state index contributed by atoms with van der Waals surface area (Å²) in [6.07, 6.45) is 6.51. The zero-order valence-electron chi connectivity index (χ0n) is 10.8. The van der Waals surface area contributed by atoms with Crippen LogP contribution in [0.2, 0.25) is 0 Å². The molecule has 1 N–H and O–H groups in total. The number of aliphatic hydroxyl groups is 1. The second-order valence-corrected chi connectivity index (χ2v) is 4.90. The maximum atomic E-state index is 8.97. The lowest BCUT2D eigenvalue weighted by Gasteiger charge is -2.16. The Morgan fingerprint density at radius 2 is 1.89 bits per heavy atom. The highest BCUT2D eigenvalue weighted by atomic mass is 16.5. The van der Waals surface area contributed by atoms with Gasteiger partial charge in [-0.15, -0.1) is 0 Å². The average Bonchev–Trinajstić information content (AvgIpc) is 2.48. The quantitative estimate of drug-likeness (QED) is 0.915. The Labute approximate surface area is 112 Å². The van der Waals surface area contributed by atoms with Crippen LogP contribution in [0.5, 0.6) is 11.6 Å². The van der Waals surface area contributed by atoms with Crippen LogP contribution in [0.4, 0.5) is 0 Å². The molecule has 1 aliphatic rings. The number of aromatic nitrogens is 1. The van der Waals surface area contributed by atoms with Crippen molar-refractivity contribution < 1.29 is 9.84 Å². The number of hydrogen-bond donors (Lipinski definition) is 1. The fourth-order valence-electron chi connectivity index (χ4n) is 2.46. The molecule has 3 heteroatoms. The molecule has 0 saturated carbocycles. The summed E-state index contributed by atoms with van der Waals surface area (Å²) in [6.45, 7) is 0.00608. The molecule has 0 bridgehead atoms. The highest BCUT2D eigenvalue weighted by molar-refractivity contribution is 5.38. The highest BCUT2D eigenvalue weighted by Gasteiger charge is 2.10. The van der Waals surface area contributed by atoms with E-state index in [-0.39, 0.29) is 6.61 Å². The van der Waals surface area contributed by atoms with Gasteiger partial charge >= 0.3 is 0 Å². The maximum Gasteiger partial charge on any atom is 0.219 e. The third kappa shape index (κ3) is 2.76. The van der Waals surface area contributed by atoms with E-state index in [4.69, 9.17) is 9.84 Å². The van der Waals surface area contributed by atoms with E-state index < -0.39 is 0 Å². The summed E-state index contributed by atoms with van der Waals surface area (Å²) < 4.78 is 5.75. The van der Waals surface area contributed by atoms with E-state index in [0.29, 0.717) is 5.88 Å². The van der Waals surface area contributed by atoms with E-state index in [1.54, 1.807) is 12.3 Å². The molecule has 0 amide bonds. The van der Waals surface area contributed by atoms with Crippen LogP contribution in [0.25, 0.3) is 0 Å². The lowest BCUT2D eigenvalue weighted by molar-refractivity contribution is 0.281. The molecule has 0 atom stereocenters. The van der Waals surface area contributed by atoms with Crippen LogP contribution in [0.3, 0.4) is 0 Å². The molecule has 3 nitrogen and oxygen atoms in total. The molecule has 1 aromatic carbocycles. The topological polar surface area (TPSA) is 42.4 Å². The Kier molecular flexibility index (Phi) is 3.47. The standard InChI is InChI=1S/C16H17NO2/c18-11-12-5-8-16(17-10-12)19-15-7-6-13-3-1-2-4-14(13)9-15/h5-10,18H,1-4,11H2. The number of fused-ring (bicyclic) bond motifs is 1. The summed E-state index contributed by atoms with van der Waals surface area (Å²) >= 11 is 0. The van der Waals surface area contributed by atoms with Crippen LogP contribution in [-0.2, 0) is 19.4 Å². The van der Waals surface area contributed by atoms with Crippen LogP contribution in [0.15, 0.2) is 36.5 Å². The first-order valence-electron chi connectivity index (χ1n) is 6.70. The number of aryl methyl sites for hydroxylation is 2. The fourth-order valence-corrected chi connectivity index (χ4v) is 2.46. The van der Waals surface area contributed by atoms with Crippen molar-refractivity contribution in [3.63, 3.8) is 0 Å². The minimum Gasteiger partial charge on any atom is -0.439 e. The van der Waals surface area contributed by atoms with E-state index in [0.717, 1.165) is 17.7 Å². The Morgan fingerprint density at radius 3 is 2.63 bits per heavy atom. The lowest BCUT2D eigenvalue weighted by Crippen LogP contribution is -2.02. The molecule has 19 heavy (non-hydrogen) atoms. The highest BCUT2D eigenvalue weighted by Crippen LogP contribution is 2.27. The van der Waals surface area contributed by atoms with Gasteiger partial charge in [0.1, 0.15) is 5.75 Å². The molecule has 98 valence electrons. The van der Waals surface area contributed by atoms with Gasteiger partial charge in [0, 0.05) is 12.3 Å². The number of ether oxygens (including phenoxy) is 1. The van der Waals surface area contributed by atoms with E-state index in [1.165, 1.54) is 30.4 Å². The van der Waals surface area contributed by atoms with Crippen molar-refractivity contribution in [1.82, 2.24) is 4.98 Å². The molecule has 0 radical (unpaired) electrons. The summed E-state index contributed by atoms with van der Waals surface area (Å²) in [5, 5.41) is 8.97. The van der Waals surface area contributed by atoms with Gasteiger partial charge in [0.15, 0.2) is 0 Å². The Bertz CT molecular complexity index is 563. The molecule has 1 aromatic heterocycles. The zero-order chi connectivity index (χ0) is 13.1. The van der Waals surface area contributed by atoms with Gasteiger partial charge in [-0.1, -0.05) is 6.07 Å². The third-order valence-electron chi connectivity index (χ3n) is 3.52. The predicted molar refractivity (Wildman–Crippen MR) is 73.3 cm³/mol. The van der Waals surface area contributed by atoms with E-state index >= 15 is 0 Å². The molecule has 0 aliphatic heterocycles. The average molecular weight is 255 g/mol. The second-order valence-electron chi connectivity index (χ2n) is 4.90. The normalized spacial score (nSPS) is 13.9. The fraction of sp³-hybridized carbons (Fsp3) is 0.312. The Morgan fingerprint density at radius 1 is 1.05 bits per heavy atom. The molecule has 2 aromatic rings. The van der Waals surface area contributed by atoms with Gasteiger partial charge in [-0.3, -0.25) is 0 Å². The van der Waals surface area contributed by atoms with E-state index in [2.05, 4.69) is 17.1 Å². The Balaban J connectivity index is 1.78. The van der Waals surface area contributed by atoms with Crippen molar-refractivity contribution in [2.45, 2.75) is 32.3 Å². The number of hydrogen-bond acceptors (Lipinski definition) is 3.